The molecule has 1 aromatic carbocycles. The van der Waals surface area contributed by atoms with Crippen LogP contribution in [0.1, 0.15) is 51.0 Å². The molecule has 0 unspecified atom stereocenters. The summed E-state index contributed by atoms with van der Waals surface area (Å²) in [7, 11) is 3.18. The van der Waals surface area contributed by atoms with Crippen molar-refractivity contribution in [3.63, 3.8) is 0 Å². The predicted molar refractivity (Wildman–Crippen MR) is 88.7 cm³/mol. The van der Waals surface area contributed by atoms with Crippen LogP contribution in [0.15, 0.2) is 23.3 Å². The van der Waals surface area contributed by atoms with E-state index in [1.54, 1.807) is 26.5 Å². The normalized spacial score (nSPS) is 10.7. The van der Waals surface area contributed by atoms with Crippen molar-refractivity contribution in [1.29, 1.82) is 0 Å². The second-order valence-corrected chi connectivity index (χ2v) is 5.07. The molecule has 0 spiro atoms. The Balaban J connectivity index is 2.40. The fourth-order valence-corrected chi connectivity index (χ4v) is 2.04. The van der Waals surface area contributed by atoms with E-state index in [0.29, 0.717) is 17.9 Å². The van der Waals surface area contributed by atoms with Crippen LogP contribution in [-0.2, 0) is 4.79 Å². The number of unbranched alkanes of at least 4 members (excludes halogenated alkanes) is 4. The molecule has 122 valence electrons. The highest BCUT2D eigenvalue weighted by atomic mass is 16.5. The molecular formula is C17H26N2O3. The molecule has 0 aliphatic rings. The lowest BCUT2D eigenvalue weighted by Crippen LogP contribution is -2.16. The van der Waals surface area contributed by atoms with Gasteiger partial charge in [-0.2, -0.15) is 5.10 Å². The van der Waals surface area contributed by atoms with Gasteiger partial charge >= 0.3 is 0 Å². The Labute approximate surface area is 132 Å². The van der Waals surface area contributed by atoms with Crippen molar-refractivity contribution in [2.75, 3.05) is 14.2 Å². The highest BCUT2D eigenvalue weighted by Gasteiger charge is 2.03. The number of benzene rings is 1. The van der Waals surface area contributed by atoms with Crippen LogP contribution in [0.2, 0.25) is 0 Å². The first-order valence-electron chi connectivity index (χ1n) is 7.75. The summed E-state index contributed by atoms with van der Waals surface area (Å²) in [5.41, 5.74) is 3.33. The molecule has 0 aromatic heterocycles. The summed E-state index contributed by atoms with van der Waals surface area (Å²) >= 11 is 0. The number of carbonyl (C=O) groups excluding carboxylic acids is 1. The number of carbonyl (C=O) groups is 1. The molecule has 0 atom stereocenters. The number of nitrogens with zero attached hydrogens (tertiary/aromatic N) is 1. The maximum Gasteiger partial charge on any atom is 0.240 e. The second-order valence-electron chi connectivity index (χ2n) is 5.07. The second kappa shape index (κ2) is 10.7. The zero-order valence-electron chi connectivity index (χ0n) is 13.7. The van der Waals surface area contributed by atoms with Gasteiger partial charge in [-0.25, -0.2) is 5.43 Å². The quantitative estimate of drug-likeness (QED) is 0.409. The van der Waals surface area contributed by atoms with Crippen molar-refractivity contribution in [3.05, 3.63) is 23.8 Å². The smallest absolute Gasteiger partial charge is 0.240 e. The first kappa shape index (κ1) is 18.0. The van der Waals surface area contributed by atoms with Crippen molar-refractivity contribution in [1.82, 2.24) is 5.43 Å². The van der Waals surface area contributed by atoms with Crippen LogP contribution in [0.5, 0.6) is 11.5 Å². The maximum absolute atomic E-state index is 11.6. The Morgan fingerprint density at radius 2 is 1.95 bits per heavy atom. The molecule has 0 aliphatic heterocycles. The highest BCUT2D eigenvalue weighted by Crippen LogP contribution is 2.22. The predicted octanol–water partition coefficient (Wildman–Crippen LogP) is 3.51. The topological polar surface area (TPSA) is 59.9 Å². The van der Waals surface area contributed by atoms with Crippen LogP contribution < -0.4 is 14.9 Å². The summed E-state index contributed by atoms with van der Waals surface area (Å²) < 4.78 is 10.4. The molecule has 0 aliphatic carbocycles. The lowest BCUT2D eigenvalue weighted by molar-refractivity contribution is -0.121. The number of amides is 1. The van der Waals surface area contributed by atoms with E-state index < -0.39 is 0 Å². The summed E-state index contributed by atoms with van der Waals surface area (Å²) in [4.78, 5) is 11.6. The van der Waals surface area contributed by atoms with Crippen molar-refractivity contribution in [2.24, 2.45) is 5.10 Å². The molecule has 0 heterocycles. The maximum atomic E-state index is 11.6. The molecule has 0 saturated heterocycles. The molecule has 1 N–H and O–H groups in total. The van der Waals surface area contributed by atoms with E-state index in [9.17, 15) is 4.79 Å². The monoisotopic (exact) mass is 306 g/mol. The van der Waals surface area contributed by atoms with Crippen LogP contribution in [0.3, 0.4) is 0 Å². The van der Waals surface area contributed by atoms with E-state index in [-0.39, 0.29) is 5.91 Å². The first-order chi connectivity index (χ1) is 10.7. The summed E-state index contributed by atoms with van der Waals surface area (Å²) in [5, 5.41) is 3.98. The Kier molecular flexibility index (Phi) is 8.72. The minimum absolute atomic E-state index is 0.0553. The Morgan fingerprint density at radius 1 is 1.18 bits per heavy atom. The van der Waals surface area contributed by atoms with E-state index in [0.717, 1.165) is 18.4 Å². The fraction of sp³-hybridized carbons (Fsp3) is 0.529. The summed E-state index contributed by atoms with van der Waals surface area (Å²) in [6.07, 6.45) is 7.73. The largest absolute Gasteiger partial charge is 0.497 e. The number of methoxy groups -OCH3 is 2. The molecule has 1 amide bonds. The third-order valence-electron chi connectivity index (χ3n) is 3.34. The SMILES string of the molecule is CCCCCCCC(=O)NN=Cc1ccc(OC)cc1OC. The summed E-state index contributed by atoms with van der Waals surface area (Å²) in [5.74, 6) is 1.31. The van der Waals surface area contributed by atoms with Gasteiger partial charge in [-0.15, -0.1) is 0 Å². The van der Waals surface area contributed by atoms with Crippen LogP contribution in [0, 0.1) is 0 Å². The molecule has 0 fully saturated rings. The van der Waals surface area contributed by atoms with Gasteiger partial charge < -0.3 is 9.47 Å². The Hall–Kier alpha value is -2.04. The molecule has 1 aromatic rings. The number of hydrogen-bond donors (Lipinski definition) is 1. The molecule has 0 saturated carbocycles. The average molecular weight is 306 g/mol. The van der Waals surface area contributed by atoms with Gasteiger partial charge in [0.15, 0.2) is 0 Å². The summed E-state index contributed by atoms with van der Waals surface area (Å²) in [6.45, 7) is 2.18. The van der Waals surface area contributed by atoms with Gasteiger partial charge in [0.05, 0.1) is 20.4 Å². The van der Waals surface area contributed by atoms with Gasteiger partial charge in [-0.1, -0.05) is 32.6 Å². The highest BCUT2D eigenvalue weighted by molar-refractivity contribution is 5.85. The fourth-order valence-electron chi connectivity index (χ4n) is 2.04. The minimum atomic E-state index is -0.0553. The van der Waals surface area contributed by atoms with E-state index >= 15 is 0 Å². The van der Waals surface area contributed by atoms with Gasteiger partial charge in [-0.05, 0) is 18.6 Å². The molecule has 1 rings (SSSR count). The lowest BCUT2D eigenvalue weighted by Gasteiger charge is -2.06. The van der Waals surface area contributed by atoms with Crippen molar-refractivity contribution in [3.8, 4) is 11.5 Å². The zero-order chi connectivity index (χ0) is 16.2. The van der Waals surface area contributed by atoms with Gasteiger partial charge in [0, 0.05) is 18.1 Å². The summed E-state index contributed by atoms with van der Waals surface area (Å²) in [6, 6.07) is 5.43. The Bertz CT molecular complexity index is 487. The van der Waals surface area contributed by atoms with Crippen molar-refractivity contribution >= 4 is 12.1 Å². The number of hydrazone groups is 1. The van der Waals surface area contributed by atoms with Gasteiger partial charge in [-0.3, -0.25) is 4.79 Å². The van der Waals surface area contributed by atoms with E-state index in [4.69, 9.17) is 9.47 Å². The number of hydrogen-bond acceptors (Lipinski definition) is 4. The van der Waals surface area contributed by atoms with Crippen LogP contribution in [-0.4, -0.2) is 26.3 Å². The number of ether oxygens (including phenoxy) is 2. The molecule has 22 heavy (non-hydrogen) atoms. The number of nitrogens with one attached hydrogen (secondary N) is 1. The third-order valence-corrected chi connectivity index (χ3v) is 3.34. The first-order valence-corrected chi connectivity index (χ1v) is 7.75. The van der Waals surface area contributed by atoms with Crippen LogP contribution >= 0.6 is 0 Å². The van der Waals surface area contributed by atoms with Crippen LogP contribution in [0.25, 0.3) is 0 Å². The zero-order valence-corrected chi connectivity index (χ0v) is 13.7. The van der Waals surface area contributed by atoms with Crippen molar-refractivity contribution < 1.29 is 14.3 Å². The number of rotatable bonds is 10. The molecule has 0 bridgehead atoms. The average Bonchev–Trinajstić information content (AvgIpc) is 2.54. The van der Waals surface area contributed by atoms with Gasteiger partial charge in [0.1, 0.15) is 11.5 Å². The van der Waals surface area contributed by atoms with E-state index in [2.05, 4.69) is 17.5 Å². The van der Waals surface area contributed by atoms with Crippen LogP contribution in [0.4, 0.5) is 0 Å². The van der Waals surface area contributed by atoms with Gasteiger partial charge in [0.2, 0.25) is 5.91 Å². The lowest BCUT2D eigenvalue weighted by atomic mass is 10.1. The molecule has 0 radical (unpaired) electrons. The van der Waals surface area contributed by atoms with Crippen molar-refractivity contribution in [2.45, 2.75) is 45.4 Å². The van der Waals surface area contributed by atoms with E-state index in [1.807, 2.05) is 12.1 Å². The third kappa shape index (κ3) is 6.61. The molecule has 5 heteroatoms. The molecular weight excluding hydrogens is 280 g/mol. The van der Waals surface area contributed by atoms with E-state index in [1.165, 1.54) is 19.3 Å². The van der Waals surface area contributed by atoms with Gasteiger partial charge in [0.25, 0.3) is 0 Å². The Morgan fingerprint density at radius 3 is 2.64 bits per heavy atom. The molecule has 5 nitrogen and oxygen atoms in total. The minimum Gasteiger partial charge on any atom is -0.497 e. The standard InChI is InChI=1S/C17H26N2O3/c1-4-5-6-7-8-9-17(20)19-18-13-14-10-11-15(21-2)12-16(14)22-3/h10-13H,4-9H2,1-3H3,(H,19,20).